The van der Waals surface area contributed by atoms with Gasteiger partial charge in [-0.15, -0.1) is 0 Å². The van der Waals surface area contributed by atoms with Crippen molar-refractivity contribution in [3.8, 4) is 73.4 Å². The lowest BCUT2D eigenvalue weighted by Crippen LogP contribution is -2.15. The van der Waals surface area contributed by atoms with Crippen molar-refractivity contribution in [2.75, 3.05) is 0 Å². The first-order valence-electron chi connectivity index (χ1n) is 15.9. The van der Waals surface area contributed by atoms with Crippen molar-refractivity contribution in [2.45, 2.75) is 19.3 Å². The number of nitrogens with zero attached hydrogens (tertiary/aromatic N) is 3. The zero-order valence-corrected chi connectivity index (χ0v) is 26.3. The first-order chi connectivity index (χ1) is 23.0. The third-order valence-electron chi connectivity index (χ3n) is 9.34. The molecule has 0 amide bonds. The smallest absolute Gasteiger partial charge is 0.160 e. The Morgan fingerprint density at radius 3 is 1.74 bits per heavy atom. The van der Waals surface area contributed by atoms with Gasteiger partial charge in [0.2, 0.25) is 0 Å². The van der Waals surface area contributed by atoms with Crippen LogP contribution in [0.1, 0.15) is 30.5 Å². The third kappa shape index (κ3) is 5.11. The van der Waals surface area contributed by atoms with E-state index in [0.717, 1.165) is 39.2 Å². The van der Waals surface area contributed by atoms with Crippen LogP contribution in [0.4, 0.5) is 0 Å². The minimum atomic E-state index is -0.164. The maximum absolute atomic E-state index is 9.53. The minimum Gasteiger partial charge on any atom is -0.228 e. The molecule has 0 saturated heterocycles. The molecule has 3 heteroatoms. The number of benzene rings is 6. The van der Waals surface area contributed by atoms with E-state index < -0.39 is 0 Å². The SMILES string of the molecule is CC1(C)c2ccc(-c3cccc(-c4cc(-c5ccc(-c6ccccc6)cc5)nc(-c5ccccc5)n4)c3)cc2-c2ccc(C#N)cc21. The molecule has 1 aliphatic rings. The molecule has 0 spiro atoms. The van der Waals surface area contributed by atoms with Crippen LogP contribution in [-0.4, -0.2) is 9.97 Å². The van der Waals surface area contributed by atoms with Crippen LogP contribution in [0.2, 0.25) is 0 Å². The molecule has 7 aromatic rings. The summed E-state index contributed by atoms with van der Waals surface area (Å²) in [6.07, 6.45) is 0. The predicted octanol–water partition coefficient (Wildman–Crippen LogP) is 11.0. The highest BCUT2D eigenvalue weighted by Gasteiger charge is 2.35. The van der Waals surface area contributed by atoms with Crippen LogP contribution in [-0.2, 0) is 5.41 Å². The second-order valence-electron chi connectivity index (χ2n) is 12.6. The molecule has 0 saturated carbocycles. The Hall–Kier alpha value is -6.11. The van der Waals surface area contributed by atoms with Gasteiger partial charge in [-0.25, -0.2) is 9.97 Å². The van der Waals surface area contributed by atoms with Crippen LogP contribution in [0.15, 0.2) is 152 Å². The molecule has 1 heterocycles. The van der Waals surface area contributed by atoms with Gasteiger partial charge >= 0.3 is 0 Å². The molecule has 0 atom stereocenters. The van der Waals surface area contributed by atoms with E-state index in [1.165, 1.54) is 33.4 Å². The number of hydrogen-bond donors (Lipinski definition) is 0. The standard InChI is InChI=1S/C44H31N3/c1-44(2)39-23-21-35(26-38(39)37-22-16-29(28-45)24-40(37)44)34-14-9-15-36(25-34)42-27-41(46-43(47-42)33-12-7-4-8-13-33)32-19-17-31(18-20-32)30-10-5-3-6-11-30/h3-27H,1-2H3. The third-order valence-corrected chi connectivity index (χ3v) is 9.34. The Bertz CT molecular complexity index is 2310. The lowest BCUT2D eigenvalue weighted by atomic mass is 9.81. The maximum atomic E-state index is 9.53. The summed E-state index contributed by atoms with van der Waals surface area (Å²) in [6.45, 7) is 4.48. The van der Waals surface area contributed by atoms with Crippen molar-refractivity contribution in [2.24, 2.45) is 0 Å². The Balaban J connectivity index is 1.21. The van der Waals surface area contributed by atoms with E-state index in [4.69, 9.17) is 9.97 Å². The largest absolute Gasteiger partial charge is 0.228 e. The summed E-state index contributed by atoms with van der Waals surface area (Å²) in [7, 11) is 0. The molecule has 47 heavy (non-hydrogen) atoms. The van der Waals surface area contributed by atoms with E-state index >= 15 is 0 Å². The highest BCUT2D eigenvalue weighted by molar-refractivity contribution is 5.86. The molecule has 0 fully saturated rings. The molecule has 8 rings (SSSR count). The number of fused-ring (bicyclic) bond motifs is 3. The van der Waals surface area contributed by atoms with Gasteiger partial charge in [-0.1, -0.05) is 135 Å². The van der Waals surface area contributed by atoms with Gasteiger partial charge in [-0.05, 0) is 74.8 Å². The summed E-state index contributed by atoms with van der Waals surface area (Å²) >= 11 is 0. The fourth-order valence-corrected chi connectivity index (χ4v) is 6.78. The molecule has 0 unspecified atom stereocenters. The fraction of sp³-hybridized carbons (Fsp3) is 0.0682. The van der Waals surface area contributed by atoms with Crippen molar-refractivity contribution in [3.05, 3.63) is 168 Å². The second-order valence-corrected chi connectivity index (χ2v) is 12.6. The number of hydrogen-bond acceptors (Lipinski definition) is 3. The van der Waals surface area contributed by atoms with Gasteiger partial charge in [0.25, 0.3) is 0 Å². The van der Waals surface area contributed by atoms with E-state index in [1.54, 1.807) is 0 Å². The highest BCUT2D eigenvalue weighted by atomic mass is 14.9. The van der Waals surface area contributed by atoms with E-state index in [-0.39, 0.29) is 5.41 Å². The summed E-state index contributed by atoms with van der Waals surface area (Å²) < 4.78 is 0. The summed E-state index contributed by atoms with van der Waals surface area (Å²) in [5.41, 5.74) is 14.9. The summed E-state index contributed by atoms with van der Waals surface area (Å²) in [6, 6.07) is 55.0. The van der Waals surface area contributed by atoms with E-state index in [9.17, 15) is 5.26 Å². The van der Waals surface area contributed by atoms with Gasteiger partial charge in [-0.3, -0.25) is 0 Å². The monoisotopic (exact) mass is 601 g/mol. The molecule has 0 radical (unpaired) electrons. The molecule has 0 aliphatic heterocycles. The molecule has 6 aromatic carbocycles. The molecule has 3 nitrogen and oxygen atoms in total. The molecule has 0 N–H and O–H groups in total. The Labute approximate surface area is 275 Å². The summed E-state index contributed by atoms with van der Waals surface area (Å²) in [5.74, 6) is 0.698. The van der Waals surface area contributed by atoms with Crippen LogP contribution in [0.5, 0.6) is 0 Å². The lowest BCUT2D eigenvalue weighted by Gasteiger charge is -2.21. The molecule has 1 aromatic heterocycles. The average molecular weight is 602 g/mol. The lowest BCUT2D eigenvalue weighted by molar-refractivity contribution is 0.660. The Morgan fingerprint density at radius 1 is 0.447 bits per heavy atom. The van der Waals surface area contributed by atoms with Gasteiger partial charge in [0.1, 0.15) is 0 Å². The number of nitriles is 1. The molecule has 1 aliphatic carbocycles. The van der Waals surface area contributed by atoms with E-state index in [0.29, 0.717) is 11.4 Å². The van der Waals surface area contributed by atoms with Crippen LogP contribution in [0.3, 0.4) is 0 Å². The zero-order valence-electron chi connectivity index (χ0n) is 26.3. The van der Waals surface area contributed by atoms with Crippen LogP contribution < -0.4 is 0 Å². The van der Waals surface area contributed by atoms with Crippen molar-refractivity contribution >= 4 is 0 Å². The maximum Gasteiger partial charge on any atom is 0.160 e. The van der Waals surface area contributed by atoms with Crippen molar-refractivity contribution in [1.29, 1.82) is 5.26 Å². The van der Waals surface area contributed by atoms with Crippen molar-refractivity contribution < 1.29 is 0 Å². The first kappa shape index (κ1) is 28.4. The van der Waals surface area contributed by atoms with Crippen LogP contribution in [0.25, 0.3) is 67.3 Å². The van der Waals surface area contributed by atoms with E-state index in [2.05, 4.69) is 135 Å². The van der Waals surface area contributed by atoms with Gasteiger partial charge < -0.3 is 0 Å². The van der Waals surface area contributed by atoms with Crippen LogP contribution >= 0.6 is 0 Å². The average Bonchev–Trinajstić information content (AvgIpc) is 3.37. The quantitative estimate of drug-likeness (QED) is 0.197. The van der Waals surface area contributed by atoms with E-state index in [1.807, 2.05) is 36.4 Å². The Kier molecular flexibility index (Phi) is 6.85. The minimum absolute atomic E-state index is 0.164. The molecular formula is C44H31N3. The molecular weight excluding hydrogens is 571 g/mol. The van der Waals surface area contributed by atoms with Crippen molar-refractivity contribution in [1.82, 2.24) is 9.97 Å². The zero-order chi connectivity index (χ0) is 32.0. The van der Waals surface area contributed by atoms with Gasteiger partial charge in [0.05, 0.1) is 23.0 Å². The Morgan fingerprint density at radius 2 is 1.02 bits per heavy atom. The topological polar surface area (TPSA) is 49.6 Å². The normalized spacial score (nSPS) is 12.6. The number of rotatable bonds is 5. The number of aromatic nitrogens is 2. The fourth-order valence-electron chi connectivity index (χ4n) is 6.78. The van der Waals surface area contributed by atoms with Crippen LogP contribution in [0, 0.1) is 11.3 Å². The molecule has 0 bridgehead atoms. The first-order valence-corrected chi connectivity index (χ1v) is 15.9. The van der Waals surface area contributed by atoms with Gasteiger partial charge in [0.15, 0.2) is 5.82 Å². The highest BCUT2D eigenvalue weighted by Crippen LogP contribution is 2.50. The van der Waals surface area contributed by atoms with Gasteiger partial charge in [-0.2, -0.15) is 5.26 Å². The predicted molar refractivity (Wildman–Crippen MR) is 191 cm³/mol. The summed E-state index contributed by atoms with van der Waals surface area (Å²) in [4.78, 5) is 10.1. The van der Waals surface area contributed by atoms with Crippen molar-refractivity contribution in [3.63, 3.8) is 0 Å². The molecule has 222 valence electrons. The van der Waals surface area contributed by atoms with Gasteiger partial charge in [0, 0.05) is 22.1 Å². The second kappa shape index (κ2) is 11.4. The summed E-state index contributed by atoms with van der Waals surface area (Å²) in [5, 5.41) is 9.53.